The zero-order valence-electron chi connectivity index (χ0n) is 11.7. The second-order valence-corrected chi connectivity index (χ2v) is 6.47. The molecule has 0 fully saturated rings. The monoisotopic (exact) mass is 257 g/mol. The third kappa shape index (κ3) is 2.12. The summed E-state index contributed by atoms with van der Waals surface area (Å²) in [5.74, 6) is 0.214. The van der Waals surface area contributed by atoms with Gasteiger partial charge < -0.3 is 4.74 Å². The van der Waals surface area contributed by atoms with Crippen LogP contribution in [-0.4, -0.2) is 23.5 Å². The van der Waals surface area contributed by atoms with E-state index in [9.17, 15) is 4.79 Å². The van der Waals surface area contributed by atoms with Crippen LogP contribution >= 0.6 is 0 Å². The predicted octanol–water partition coefficient (Wildman–Crippen LogP) is 3.26. The molecule has 2 aliphatic rings. The standard InChI is InChI=1S/C16H19NO2/c1-16(2,3)15-7-10-6-14(18)11-4-5-17-8-12(11)13(10)9-19-15/h4-5,8,15H,6-7,9H2,1-3H3. The Balaban J connectivity index is 2.01. The Morgan fingerprint density at radius 2 is 2.11 bits per heavy atom. The summed E-state index contributed by atoms with van der Waals surface area (Å²) in [6.07, 6.45) is 5.07. The molecule has 0 amide bonds. The van der Waals surface area contributed by atoms with Crippen LogP contribution in [0.5, 0.6) is 0 Å². The summed E-state index contributed by atoms with van der Waals surface area (Å²) in [5.41, 5.74) is 4.31. The highest BCUT2D eigenvalue weighted by molar-refractivity contribution is 6.06. The molecule has 0 saturated carbocycles. The average Bonchev–Trinajstić information content (AvgIpc) is 2.37. The van der Waals surface area contributed by atoms with E-state index in [2.05, 4.69) is 25.8 Å². The third-order valence-electron chi connectivity index (χ3n) is 4.07. The second kappa shape index (κ2) is 4.27. The first kappa shape index (κ1) is 12.5. The Bertz CT molecular complexity index is 566. The Morgan fingerprint density at radius 1 is 1.32 bits per heavy atom. The zero-order valence-corrected chi connectivity index (χ0v) is 11.7. The van der Waals surface area contributed by atoms with Crippen LogP contribution in [0.3, 0.4) is 0 Å². The maximum Gasteiger partial charge on any atom is 0.167 e. The van der Waals surface area contributed by atoms with Crippen molar-refractivity contribution in [2.45, 2.75) is 39.7 Å². The number of fused-ring (bicyclic) bond motifs is 2. The van der Waals surface area contributed by atoms with Crippen LogP contribution in [0, 0.1) is 5.41 Å². The van der Waals surface area contributed by atoms with Gasteiger partial charge >= 0.3 is 0 Å². The molecule has 100 valence electrons. The normalized spacial score (nSPS) is 23.1. The molecule has 1 aromatic heterocycles. The molecule has 1 unspecified atom stereocenters. The van der Waals surface area contributed by atoms with Crippen LogP contribution in [0.1, 0.15) is 49.5 Å². The number of aromatic nitrogens is 1. The molecule has 0 spiro atoms. The molecule has 3 nitrogen and oxygen atoms in total. The van der Waals surface area contributed by atoms with Crippen molar-refractivity contribution < 1.29 is 9.53 Å². The van der Waals surface area contributed by atoms with E-state index in [1.54, 1.807) is 12.4 Å². The quantitative estimate of drug-likeness (QED) is 0.716. The van der Waals surface area contributed by atoms with E-state index in [4.69, 9.17) is 4.74 Å². The summed E-state index contributed by atoms with van der Waals surface area (Å²) in [7, 11) is 0. The molecular weight excluding hydrogens is 238 g/mol. The van der Waals surface area contributed by atoms with Gasteiger partial charge in [0.05, 0.1) is 12.7 Å². The van der Waals surface area contributed by atoms with Gasteiger partial charge in [-0.15, -0.1) is 0 Å². The molecule has 3 rings (SSSR count). The van der Waals surface area contributed by atoms with Gasteiger partial charge in [0.1, 0.15) is 0 Å². The molecule has 3 heteroatoms. The number of hydrogen-bond acceptors (Lipinski definition) is 3. The zero-order chi connectivity index (χ0) is 13.6. The minimum absolute atomic E-state index is 0.108. The van der Waals surface area contributed by atoms with Crippen LogP contribution in [0.2, 0.25) is 0 Å². The van der Waals surface area contributed by atoms with E-state index >= 15 is 0 Å². The van der Waals surface area contributed by atoms with Gasteiger partial charge in [0.2, 0.25) is 0 Å². The Morgan fingerprint density at radius 3 is 2.84 bits per heavy atom. The molecular formula is C16H19NO2. The molecule has 2 heterocycles. The largest absolute Gasteiger partial charge is 0.373 e. The Kier molecular flexibility index (Phi) is 2.82. The highest BCUT2D eigenvalue weighted by atomic mass is 16.5. The number of carbonyl (C=O) groups is 1. The maximum atomic E-state index is 12.2. The number of nitrogens with zero attached hydrogens (tertiary/aromatic N) is 1. The van der Waals surface area contributed by atoms with Crippen LogP contribution < -0.4 is 0 Å². The Labute approximate surface area is 113 Å². The van der Waals surface area contributed by atoms with E-state index in [1.807, 2.05) is 6.07 Å². The molecule has 1 aromatic rings. The lowest BCUT2D eigenvalue weighted by Crippen LogP contribution is -2.35. The van der Waals surface area contributed by atoms with Crippen LogP contribution in [0.25, 0.3) is 5.57 Å². The molecule has 0 radical (unpaired) electrons. The van der Waals surface area contributed by atoms with Gasteiger partial charge in [-0.3, -0.25) is 9.78 Å². The lowest BCUT2D eigenvalue weighted by molar-refractivity contribution is -0.00749. The first-order valence-corrected chi connectivity index (χ1v) is 6.77. The van der Waals surface area contributed by atoms with Crippen LogP contribution in [0.4, 0.5) is 0 Å². The number of ether oxygens (including phenoxy) is 1. The fraction of sp³-hybridized carbons (Fsp3) is 0.500. The van der Waals surface area contributed by atoms with Gasteiger partial charge in [-0.2, -0.15) is 0 Å². The number of rotatable bonds is 0. The summed E-state index contributed by atoms with van der Waals surface area (Å²) in [4.78, 5) is 16.3. The minimum Gasteiger partial charge on any atom is -0.373 e. The second-order valence-electron chi connectivity index (χ2n) is 6.47. The van der Waals surface area contributed by atoms with Crippen molar-refractivity contribution in [2.24, 2.45) is 5.41 Å². The topological polar surface area (TPSA) is 39.2 Å². The van der Waals surface area contributed by atoms with Crippen molar-refractivity contribution in [3.8, 4) is 0 Å². The van der Waals surface area contributed by atoms with E-state index in [1.165, 1.54) is 11.1 Å². The fourth-order valence-electron chi connectivity index (χ4n) is 2.86. The molecule has 0 bridgehead atoms. The summed E-state index contributed by atoms with van der Waals surface area (Å²) in [6.45, 7) is 7.15. The number of carbonyl (C=O) groups excluding carboxylic acids is 1. The van der Waals surface area contributed by atoms with Gasteiger partial charge in [0, 0.05) is 29.9 Å². The smallest absolute Gasteiger partial charge is 0.167 e. The van der Waals surface area contributed by atoms with E-state index in [0.29, 0.717) is 13.0 Å². The van der Waals surface area contributed by atoms with Crippen molar-refractivity contribution >= 4 is 11.4 Å². The fourth-order valence-corrected chi connectivity index (χ4v) is 2.86. The van der Waals surface area contributed by atoms with Crippen LogP contribution in [-0.2, 0) is 4.74 Å². The maximum absolute atomic E-state index is 12.2. The van der Waals surface area contributed by atoms with Gasteiger partial charge in [-0.25, -0.2) is 0 Å². The molecule has 1 atom stereocenters. The van der Waals surface area contributed by atoms with Gasteiger partial charge in [0.25, 0.3) is 0 Å². The van der Waals surface area contributed by atoms with Crippen molar-refractivity contribution in [2.75, 3.05) is 6.61 Å². The summed E-state index contributed by atoms with van der Waals surface area (Å²) in [6, 6.07) is 1.82. The minimum atomic E-state index is 0.108. The molecule has 1 aliphatic heterocycles. The van der Waals surface area contributed by atoms with Crippen LogP contribution in [0.15, 0.2) is 24.0 Å². The predicted molar refractivity (Wildman–Crippen MR) is 73.9 cm³/mol. The van der Waals surface area contributed by atoms with Crippen molar-refractivity contribution in [1.82, 2.24) is 4.98 Å². The number of hydrogen-bond donors (Lipinski definition) is 0. The third-order valence-corrected chi connectivity index (χ3v) is 4.07. The lowest BCUT2D eigenvalue weighted by Gasteiger charge is -2.37. The first-order valence-electron chi connectivity index (χ1n) is 6.77. The average molecular weight is 257 g/mol. The lowest BCUT2D eigenvalue weighted by atomic mass is 9.77. The SMILES string of the molecule is CC(C)(C)C1CC2=C(CO1)c1cnccc1C(=O)C2. The first-order chi connectivity index (χ1) is 8.97. The van der Waals surface area contributed by atoms with Crippen molar-refractivity contribution in [3.05, 3.63) is 35.2 Å². The summed E-state index contributed by atoms with van der Waals surface area (Å²) >= 11 is 0. The molecule has 0 saturated heterocycles. The van der Waals surface area contributed by atoms with Crippen molar-refractivity contribution in [3.63, 3.8) is 0 Å². The number of pyridine rings is 1. The molecule has 19 heavy (non-hydrogen) atoms. The highest BCUT2D eigenvalue weighted by Gasteiger charge is 2.35. The highest BCUT2D eigenvalue weighted by Crippen LogP contribution is 2.40. The molecule has 0 aromatic carbocycles. The van der Waals surface area contributed by atoms with E-state index < -0.39 is 0 Å². The summed E-state index contributed by atoms with van der Waals surface area (Å²) < 4.78 is 6.01. The number of ketones is 1. The van der Waals surface area contributed by atoms with Crippen molar-refractivity contribution in [1.29, 1.82) is 0 Å². The molecule has 1 aliphatic carbocycles. The van der Waals surface area contributed by atoms with Gasteiger partial charge in [-0.1, -0.05) is 26.3 Å². The van der Waals surface area contributed by atoms with Gasteiger partial charge in [-0.05, 0) is 23.5 Å². The van der Waals surface area contributed by atoms with Gasteiger partial charge in [0.15, 0.2) is 5.78 Å². The number of Topliss-reactive ketones (excluding diaryl/α,β-unsaturated/α-hetero) is 1. The van der Waals surface area contributed by atoms with E-state index in [0.717, 1.165) is 17.5 Å². The molecule has 0 N–H and O–H groups in total. The Hall–Kier alpha value is -1.48. The summed E-state index contributed by atoms with van der Waals surface area (Å²) in [5, 5.41) is 0. The van der Waals surface area contributed by atoms with E-state index in [-0.39, 0.29) is 17.3 Å².